The van der Waals surface area contributed by atoms with Crippen LogP contribution in [0.25, 0.3) is 0 Å². The van der Waals surface area contributed by atoms with Crippen molar-refractivity contribution >= 4 is 67.9 Å². The van der Waals surface area contributed by atoms with Crippen molar-refractivity contribution in [3.63, 3.8) is 0 Å². The van der Waals surface area contributed by atoms with E-state index in [1.165, 1.54) is 23.5 Å². The number of carboxylic acids is 1. The fourth-order valence-corrected chi connectivity index (χ4v) is 8.45. The summed E-state index contributed by atoms with van der Waals surface area (Å²) >= 11 is 4.93. The predicted octanol–water partition coefficient (Wildman–Crippen LogP) is 5.45. The number of hydrogen-bond donors (Lipinski definition) is 1. The summed E-state index contributed by atoms with van der Waals surface area (Å²) < 4.78 is 103. The second kappa shape index (κ2) is 18.9. The van der Waals surface area contributed by atoms with Crippen LogP contribution in [0.2, 0.25) is 0 Å². The van der Waals surface area contributed by atoms with Crippen LogP contribution in [0.3, 0.4) is 0 Å². The number of quaternary nitrogens is 1. The Bertz CT molecular complexity index is 1160. The van der Waals surface area contributed by atoms with Gasteiger partial charge in [0.1, 0.15) is 4.55 Å². The number of carbonyl (C=O) groups excluding carboxylic acids is 1. The zero-order valence-corrected chi connectivity index (χ0v) is 28.8. The molecule has 0 saturated carbocycles. The van der Waals surface area contributed by atoms with Crippen molar-refractivity contribution in [1.29, 1.82) is 0 Å². The molecule has 0 aromatic heterocycles. The highest BCUT2D eigenvalue weighted by Crippen LogP contribution is 2.29. The second-order valence-electron chi connectivity index (χ2n) is 10.2. The first-order chi connectivity index (χ1) is 20.0. The number of thioether (sulfide) groups is 2. The van der Waals surface area contributed by atoms with Gasteiger partial charge in [-0.2, -0.15) is 32.3 Å². The van der Waals surface area contributed by atoms with Gasteiger partial charge < -0.3 is 19.1 Å². The van der Waals surface area contributed by atoms with Gasteiger partial charge in [0.05, 0.1) is 56.2 Å². The molecule has 0 amide bonds. The molecule has 0 aliphatic rings. The van der Waals surface area contributed by atoms with E-state index in [1.54, 1.807) is 0 Å². The first-order valence-electron chi connectivity index (χ1n) is 13.3. The number of carbonyl (C=O) groups is 2. The van der Waals surface area contributed by atoms with E-state index in [0.29, 0.717) is 41.3 Å². The molecule has 248 valence electrons. The van der Waals surface area contributed by atoms with Crippen LogP contribution >= 0.6 is 46.1 Å². The van der Waals surface area contributed by atoms with Gasteiger partial charge in [0.25, 0.3) is 0 Å². The number of nitrogens with zero attached hydrogens (tertiary/aromatic N) is 1. The molecule has 43 heavy (non-hydrogen) atoms. The number of aliphatic carboxylic acids is 1. The van der Waals surface area contributed by atoms with Gasteiger partial charge in [0.15, 0.2) is 9.84 Å². The van der Waals surface area contributed by atoms with E-state index < -0.39 is 62.2 Å². The van der Waals surface area contributed by atoms with Crippen molar-refractivity contribution in [2.45, 2.75) is 45.6 Å². The molecule has 0 bridgehead atoms. The zero-order chi connectivity index (χ0) is 32.8. The van der Waals surface area contributed by atoms with E-state index in [0.717, 1.165) is 11.1 Å². The number of alkyl halides is 1. The summed E-state index contributed by atoms with van der Waals surface area (Å²) in [5.41, 5.74) is -0.574. The Labute approximate surface area is 271 Å². The van der Waals surface area contributed by atoms with Crippen LogP contribution < -0.4 is 4.74 Å². The topological polar surface area (TPSA) is 107 Å². The first-order valence-corrected chi connectivity index (χ1v) is 19.0. The molecule has 0 aliphatic carbocycles. The van der Waals surface area contributed by atoms with E-state index in [4.69, 9.17) is 9.84 Å². The molecule has 1 aromatic carbocycles. The monoisotopic (exact) mass is 794 g/mol. The largest absolute Gasteiger partial charge is 0.481 e. The Balaban J connectivity index is 2.29. The third-order valence-electron chi connectivity index (χ3n) is 6.55. The highest BCUT2D eigenvalue weighted by Gasteiger charge is 2.30. The third-order valence-corrected chi connectivity index (χ3v) is 12.1. The van der Waals surface area contributed by atoms with Gasteiger partial charge in [-0.05, 0) is 43.4 Å². The van der Waals surface area contributed by atoms with Crippen molar-refractivity contribution in [3.05, 3.63) is 29.1 Å². The molecule has 0 saturated heterocycles. The third kappa shape index (κ3) is 14.4. The van der Waals surface area contributed by atoms with Crippen LogP contribution in [0.4, 0.5) is 22.0 Å². The normalized spacial score (nSPS) is 13.6. The van der Waals surface area contributed by atoms with Gasteiger partial charge in [-0.3, -0.25) is 9.59 Å². The summed E-state index contributed by atoms with van der Waals surface area (Å²) in [5.74, 6) is -13.4. The maximum atomic E-state index is 13.6. The Morgan fingerprint density at radius 1 is 0.884 bits per heavy atom. The summed E-state index contributed by atoms with van der Waals surface area (Å²) in [5, 5.41) is 9.05. The highest BCUT2D eigenvalue weighted by atomic mass is 127. The lowest BCUT2D eigenvalue weighted by Crippen LogP contribution is -2.50. The highest BCUT2D eigenvalue weighted by molar-refractivity contribution is 14.1. The van der Waals surface area contributed by atoms with Gasteiger partial charge in [0.2, 0.25) is 34.8 Å². The van der Waals surface area contributed by atoms with E-state index >= 15 is 0 Å². The summed E-state index contributed by atoms with van der Waals surface area (Å²) in [6, 6.07) is 0. The van der Waals surface area contributed by atoms with Crippen LogP contribution in [-0.2, 0) is 24.2 Å². The Morgan fingerprint density at radius 2 is 1.44 bits per heavy atom. The number of carboxylic acid groups (broad SMARTS) is 1. The average molecular weight is 795 g/mol. The lowest BCUT2D eigenvalue weighted by atomic mass is 10.0. The van der Waals surface area contributed by atoms with Crippen LogP contribution in [0.1, 0.15) is 40.0 Å². The van der Waals surface area contributed by atoms with Crippen LogP contribution in [0.15, 0.2) is 0 Å². The Hall–Kier alpha value is -0.890. The van der Waals surface area contributed by atoms with E-state index in [-0.39, 0.29) is 36.7 Å². The number of halogens is 6. The minimum Gasteiger partial charge on any atom is -0.481 e. The van der Waals surface area contributed by atoms with E-state index in [2.05, 4.69) is 27.3 Å². The molecule has 1 aromatic rings. The number of hydrogen-bond acceptors (Lipinski definition) is 8. The summed E-state index contributed by atoms with van der Waals surface area (Å²) in [6.45, 7) is 7.87. The molecule has 0 heterocycles. The van der Waals surface area contributed by atoms with Crippen molar-refractivity contribution < 1.29 is 59.0 Å². The zero-order valence-electron chi connectivity index (χ0n) is 24.2. The lowest BCUT2D eigenvalue weighted by molar-refractivity contribution is -0.911. The standard InChI is InChI=1S/C26H37F5INO7S3/c1-4-33(17-32,8-5-18(34)35)9-7-26(2,3)39-10-15-43(37,38)16-14-42-13-12-41-11-6-19(36)40-25-23(30)21(28)20(27)22(29)24(25)31/h4-17H2,1-3H3/p+1. The molecular weight excluding hydrogens is 756 g/mol. The molecule has 1 rings (SSSR count). The quantitative estimate of drug-likeness (QED) is 0.0157. The van der Waals surface area contributed by atoms with Gasteiger partial charge in [-0.25, -0.2) is 21.6 Å². The van der Waals surface area contributed by atoms with Crippen molar-refractivity contribution in [2.75, 3.05) is 65.3 Å². The lowest BCUT2D eigenvalue weighted by Gasteiger charge is -2.38. The molecule has 0 radical (unpaired) electrons. The van der Waals surface area contributed by atoms with Crippen LogP contribution in [0, 0.1) is 29.1 Å². The van der Waals surface area contributed by atoms with E-state index in [1.807, 2.05) is 20.8 Å². The number of rotatable bonds is 22. The minimum absolute atomic E-state index is 0.0414. The van der Waals surface area contributed by atoms with Crippen LogP contribution in [0.5, 0.6) is 5.75 Å². The smallest absolute Gasteiger partial charge is 0.312 e. The maximum Gasteiger partial charge on any atom is 0.312 e. The number of sulfone groups is 1. The van der Waals surface area contributed by atoms with Gasteiger partial charge in [0, 0.05) is 29.4 Å². The second-order valence-corrected chi connectivity index (χ2v) is 15.7. The SMILES string of the molecule is CC[N+](CI)(CCC(=O)O)CCC(C)(C)OCCS(=O)(=O)CCSCCSCCC(=O)Oc1c(F)c(F)c(F)c(F)c1F. The molecule has 0 fully saturated rings. The number of benzene rings is 1. The molecule has 17 heteroatoms. The van der Waals surface area contributed by atoms with Crippen molar-refractivity contribution in [1.82, 2.24) is 0 Å². The molecule has 1 unspecified atom stereocenters. The average Bonchev–Trinajstić information content (AvgIpc) is 2.94. The van der Waals surface area contributed by atoms with Gasteiger partial charge >= 0.3 is 11.9 Å². The van der Waals surface area contributed by atoms with Crippen molar-refractivity contribution in [2.24, 2.45) is 0 Å². The molecule has 1 atom stereocenters. The summed E-state index contributed by atoms with van der Waals surface area (Å²) in [6.07, 6.45) is 0.391. The molecule has 0 aliphatic heterocycles. The minimum atomic E-state index is -3.35. The van der Waals surface area contributed by atoms with E-state index in [9.17, 15) is 40.0 Å². The molecule has 8 nitrogen and oxygen atoms in total. The van der Waals surface area contributed by atoms with Crippen molar-refractivity contribution in [3.8, 4) is 5.75 Å². The molecule has 1 N–H and O–H groups in total. The van der Waals surface area contributed by atoms with Gasteiger partial charge in [-0.1, -0.05) is 0 Å². The Kier molecular flexibility index (Phi) is 17.7. The molecule has 0 spiro atoms. The molecular formula is C26H38F5INO7S3+. The fourth-order valence-electron chi connectivity index (χ4n) is 3.59. The number of esters is 1. The fraction of sp³-hybridized carbons (Fsp3) is 0.692. The van der Waals surface area contributed by atoms with Crippen LogP contribution in [-0.4, -0.2) is 101 Å². The Morgan fingerprint density at radius 3 is 1.98 bits per heavy atom. The van der Waals surface area contributed by atoms with Gasteiger partial charge in [-0.15, -0.1) is 0 Å². The number of ether oxygens (including phenoxy) is 2. The summed E-state index contributed by atoms with van der Waals surface area (Å²) in [7, 11) is -3.35. The summed E-state index contributed by atoms with van der Waals surface area (Å²) in [4.78, 5) is 22.8. The predicted molar refractivity (Wildman–Crippen MR) is 166 cm³/mol. The maximum absolute atomic E-state index is 13.6. The first kappa shape index (κ1) is 40.1.